The summed E-state index contributed by atoms with van der Waals surface area (Å²) < 4.78 is 2.47. The normalized spacial score (nSPS) is 11.7. The van der Waals surface area contributed by atoms with E-state index in [4.69, 9.17) is 15.0 Å². The van der Waals surface area contributed by atoms with E-state index >= 15 is 0 Å². The lowest BCUT2D eigenvalue weighted by Gasteiger charge is -2.12. The van der Waals surface area contributed by atoms with Crippen LogP contribution in [0.15, 0.2) is 164 Å². The van der Waals surface area contributed by atoms with Crippen molar-refractivity contribution in [2.75, 3.05) is 0 Å². The molecule has 3 nitrogen and oxygen atoms in total. The van der Waals surface area contributed by atoms with Crippen molar-refractivity contribution in [3.8, 4) is 45.3 Å². The molecule has 0 saturated heterocycles. The average Bonchev–Trinajstić information content (AvgIpc) is 3.55. The van der Waals surface area contributed by atoms with Crippen molar-refractivity contribution in [1.29, 1.82) is 0 Å². The van der Waals surface area contributed by atoms with Crippen LogP contribution in [0.5, 0.6) is 0 Å². The van der Waals surface area contributed by atoms with E-state index in [1.807, 2.05) is 72.0 Å². The van der Waals surface area contributed by atoms with Crippen LogP contribution in [0.2, 0.25) is 0 Å². The summed E-state index contributed by atoms with van der Waals surface area (Å²) >= 11 is 1.81. The summed E-state index contributed by atoms with van der Waals surface area (Å²) in [4.78, 5) is 14.8. The minimum Gasteiger partial charge on any atom is -0.208 e. The molecule has 0 aliphatic rings. The van der Waals surface area contributed by atoms with E-state index < -0.39 is 0 Å². The lowest BCUT2D eigenvalue weighted by atomic mass is 9.92. The number of thiophene rings is 1. The van der Waals surface area contributed by atoms with E-state index in [2.05, 4.69) is 103 Å². The van der Waals surface area contributed by atoms with Gasteiger partial charge in [0.2, 0.25) is 0 Å². The number of fused-ring (bicyclic) bond motifs is 9. The SMILES string of the molecule is c1ccc(-c2nc(-c3ccccc3)nc(-c3ccc4c(c3)sc3ccc(-c5ccc6c7ccccc7c7ccccc7c6c5)cc34)n2)cc1. The van der Waals surface area contributed by atoms with E-state index in [1.165, 1.54) is 63.6 Å². The zero-order chi connectivity index (χ0) is 32.3. The molecule has 10 aromatic rings. The fourth-order valence-electron chi connectivity index (χ4n) is 7.12. The summed E-state index contributed by atoms with van der Waals surface area (Å²) in [5, 5.41) is 10.3. The fourth-order valence-corrected chi connectivity index (χ4v) is 8.25. The third kappa shape index (κ3) is 4.68. The molecule has 4 heteroatoms. The molecule has 0 radical (unpaired) electrons. The van der Waals surface area contributed by atoms with Gasteiger partial charge in [0.25, 0.3) is 0 Å². The predicted octanol–water partition coefficient (Wildman–Crippen LogP) is 12.4. The van der Waals surface area contributed by atoms with Crippen molar-refractivity contribution < 1.29 is 0 Å². The van der Waals surface area contributed by atoms with Crippen LogP contribution in [-0.4, -0.2) is 15.0 Å². The first-order chi connectivity index (χ1) is 24.3. The number of nitrogens with zero attached hydrogens (tertiary/aromatic N) is 3. The van der Waals surface area contributed by atoms with E-state index in [0.29, 0.717) is 17.5 Å². The molecule has 0 aliphatic heterocycles. The summed E-state index contributed by atoms with van der Waals surface area (Å²) in [6.45, 7) is 0. The Morgan fingerprint density at radius 1 is 0.265 bits per heavy atom. The summed E-state index contributed by atoms with van der Waals surface area (Å²) in [5.74, 6) is 2.01. The van der Waals surface area contributed by atoms with Gasteiger partial charge in [-0.1, -0.05) is 140 Å². The van der Waals surface area contributed by atoms with Gasteiger partial charge in [-0.15, -0.1) is 11.3 Å². The molecule has 0 aliphatic carbocycles. The maximum Gasteiger partial charge on any atom is 0.164 e. The van der Waals surface area contributed by atoms with Crippen molar-refractivity contribution in [2.45, 2.75) is 0 Å². The van der Waals surface area contributed by atoms with Crippen LogP contribution >= 0.6 is 11.3 Å². The van der Waals surface area contributed by atoms with E-state index in [-0.39, 0.29) is 0 Å². The lowest BCUT2D eigenvalue weighted by Crippen LogP contribution is -1.99. The summed E-state index contributed by atoms with van der Waals surface area (Å²) in [6, 6.07) is 58.2. The zero-order valence-electron chi connectivity index (χ0n) is 26.3. The highest BCUT2D eigenvalue weighted by atomic mass is 32.1. The van der Waals surface area contributed by atoms with Crippen molar-refractivity contribution in [2.24, 2.45) is 0 Å². The van der Waals surface area contributed by atoms with Crippen molar-refractivity contribution in [1.82, 2.24) is 15.0 Å². The number of aromatic nitrogens is 3. The smallest absolute Gasteiger partial charge is 0.164 e. The number of rotatable bonds is 4. The molecule has 0 spiro atoms. The molecular formula is C45H27N3S. The number of hydrogen-bond donors (Lipinski definition) is 0. The molecule has 10 rings (SSSR count). The van der Waals surface area contributed by atoms with Gasteiger partial charge in [-0.2, -0.15) is 0 Å². The van der Waals surface area contributed by atoms with Crippen molar-refractivity contribution >= 4 is 63.8 Å². The summed E-state index contributed by atoms with van der Waals surface area (Å²) in [5.41, 5.74) is 5.35. The number of hydrogen-bond acceptors (Lipinski definition) is 4. The zero-order valence-corrected chi connectivity index (χ0v) is 27.2. The summed E-state index contributed by atoms with van der Waals surface area (Å²) in [6.07, 6.45) is 0. The topological polar surface area (TPSA) is 38.7 Å². The first-order valence-corrected chi connectivity index (χ1v) is 17.3. The van der Waals surface area contributed by atoms with Crippen LogP contribution in [0.1, 0.15) is 0 Å². The third-order valence-corrected chi connectivity index (χ3v) is 10.6. The van der Waals surface area contributed by atoms with Crippen LogP contribution in [0.4, 0.5) is 0 Å². The molecule has 0 unspecified atom stereocenters. The van der Waals surface area contributed by atoms with Crippen LogP contribution in [0.3, 0.4) is 0 Å². The highest BCUT2D eigenvalue weighted by molar-refractivity contribution is 7.25. The van der Waals surface area contributed by atoms with Gasteiger partial charge in [0.15, 0.2) is 17.5 Å². The molecule has 0 saturated carbocycles. The van der Waals surface area contributed by atoms with E-state index in [9.17, 15) is 0 Å². The van der Waals surface area contributed by atoms with Gasteiger partial charge >= 0.3 is 0 Å². The predicted molar refractivity (Wildman–Crippen MR) is 207 cm³/mol. The van der Waals surface area contributed by atoms with Gasteiger partial charge in [-0.05, 0) is 67.7 Å². The monoisotopic (exact) mass is 641 g/mol. The van der Waals surface area contributed by atoms with Gasteiger partial charge < -0.3 is 0 Å². The van der Waals surface area contributed by atoms with Crippen LogP contribution in [0, 0.1) is 0 Å². The standard InChI is InChI=1S/C45H27N3S/c1-3-11-28(12-4-1)43-46-44(29-13-5-2-6-14-29)48-45(47-43)32-20-23-38-40-26-31(21-24-41(40)49-42(38)27-32)30-19-22-37-35-17-8-7-15-33(35)34-16-9-10-18-36(34)39(37)25-30/h1-27H. The Kier molecular flexibility index (Phi) is 6.36. The third-order valence-electron chi connectivity index (χ3n) is 9.51. The molecular weight excluding hydrogens is 615 g/mol. The molecule has 0 N–H and O–H groups in total. The Hall–Kier alpha value is -6.23. The van der Waals surface area contributed by atoms with Crippen molar-refractivity contribution in [3.63, 3.8) is 0 Å². The molecule has 228 valence electrons. The van der Waals surface area contributed by atoms with Gasteiger partial charge in [0, 0.05) is 36.9 Å². The molecule has 8 aromatic carbocycles. The van der Waals surface area contributed by atoms with Crippen LogP contribution < -0.4 is 0 Å². The lowest BCUT2D eigenvalue weighted by molar-refractivity contribution is 1.07. The number of benzene rings is 8. The first kappa shape index (κ1) is 27.8. The molecule has 0 bridgehead atoms. The maximum atomic E-state index is 4.96. The van der Waals surface area contributed by atoms with Gasteiger partial charge in [0.1, 0.15) is 0 Å². The van der Waals surface area contributed by atoms with Crippen LogP contribution in [0.25, 0.3) is 97.8 Å². The Labute approximate surface area is 286 Å². The quantitative estimate of drug-likeness (QED) is 0.180. The Bertz CT molecular complexity index is 2780. The molecule has 0 amide bonds. The molecule has 0 atom stereocenters. The molecule has 2 heterocycles. The minimum atomic E-state index is 0.668. The van der Waals surface area contributed by atoms with Crippen LogP contribution in [-0.2, 0) is 0 Å². The first-order valence-electron chi connectivity index (χ1n) is 16.4. The molecule has 0 fully saturated rings. The minimum absolute atomic E-state index is 0.668. The second-order valence-electron chi connectivity index (χ2n) is 12.4. The maximum absolute atomic E-state index is 4.96. The fraction of sp³-hybridized carbons (Fsp3) is 0. The Morgan fingerprint density at radius 2 is 0.694 bits per heavy atom. The van der Waals surface area contributed by atoms with Gasteiger partial charge in [0.05, 0.1) is 0 Å². The summed E-state index contributed by atoms with van der Waals surface area (Å²) in [7, 11) is 0. The van der Waals surface area contributed by atoms with Gasteiger partial charge in [-0.25, -0.2) is 15.0 Å². The Balaban J connectivity index is 1.09. The van der Waals surface area contributed by atoms with Gasteiger partial charge in [-0.3, -0.25) is 0 Å². The average molecular weight is 642 g/mol. The van der Waals surface area contributed by atoms with E-state index in [1.54, 1.807) is 0 Å². The second kappa shape index (κ2) is 11.2. The van der Waals surface area contributed by atoms with E-state index in [0.717, 1.165) is 16.7 Å². The molecule has 2 aromatic heterocycles. The largest absolute Gasteiger partial charge is 0.208 e. The molecule has 49 heavy (non-hydrogen) atoms. The Morgan fingerprint density at radius 3 is 1.29 bits per heavy atom. The highest BCUT2D eigenvalue weighted by Gasteiger charge is 2.15. The van der Waals surface area contributed by atoms with Crippen molar-refractivity contribution in [3.05, 3.63) is 164 Å². The highest BCUT2D eigenvalue weighted by Crippen LogP contribution is 2.41. The second-order valence-corrected chi connectivity index (χ2v) is 13.5.